The highest BCUT2D eigenvalue weighted by Gasteiger charge is 2.23. The maximum absolute atomic E-state index is 12.1. The summed E-state index contributed by atoms with van der Waals surface area (Å²) in [5.74, 6) is -0.0882. The Morgan fingerprint density at radius 2 is 2.11 bits per heavy atom. The Balaban J connectivity index is 2.04. The van der Waals surface area contributed by atoms with Crippen LogP contribution in [0, 0.1) is 0 Å². The highest BCUT2D eigenvalue weighted by molar-refractivity contribution is 9.10. The van der Waals surface area contributed by atoms with Crippen LogP contribution in [0.15, 0.2) is 22.7 Å². The van der Waals surface area contributed by atoms with E-state index >= 15 is 0 Å². The lowest BCUT2D eigenvalue weighted by Crippen LogP contribution is -2.49. The lowest BCUT2D eigenvalue weighted by atomic mass is 9.91. The number of hydrogen-bond donors (Lipinski definition) is 2. The Morgan fingerprint density at radius 1 is 1.39 bits per heavy atom. The molecule has 5 heteroatoms. The van der Waals surface area contributed by atoms with Crippen molar-refractivity contribution in [2.45, 2.75) is 37.8 Å². The van der Waals surface area contributed by atoms with Gasteiger partial charge in [-0.15, -0.1) is 0 Å². The molecule has 2 unspecified atom stereocenters. The first-order valence-corrected chi connectivity index (χ1v) is 7.26. The molecule has 2 atom stereocenters. The van der Waals surface area contributed by atoms with Crippen LogP contribution in [0.25, 0.3) is 0 Å². The molecule has 1 amide bonds. The smallest absolute Gasteiger partial charge is 0.251 e. The summed E-state index contributed by atoms with van der Waals surface area (Å²) in [5, 5.41) is 3.60. The van der Waals surface area contributed by atoms with Gasteiger partial charge in [0.15, 0.2) is 0 Å². The predicted octanol–water partition coefficient (Wildman–Crippen LogP) is 3.10. The summed E-state index contributed by atoms with van der Waals surface area (Å²) in [6, 6.07) is 5.31. The lowest BCUT2D eigenvalue weighted by Gasteiger charge is -2.29. The zero-order chi connectivity index (χ0) is 13.1. The van der Waals surface area contributed by atoms with Crippen molar-refractivity contribution in [3.05, 3.63) is 33.3 Å². The SMILES string of the molecule is NC1CCCCC1NC(=O)c1ccc(Cl)c(Br)c1. The molecule has 98 valence electrons. The van der Waals surface area contributed by atoms with Crippen LogP contribution in [0.4, 0.5) is 0 Å². The number of amides is 1. The zero-order valence-corrected chi connectivity index (χ0v) is 12.3. The minimum atomic E-state index is -0.0882. The van der Waals surface area contributed by atoms with E-state index in [4.69, 9.17) is 17.3 Å². The van der Waals surface area contributed by atoms with Crippen molar-refractivity contribution in [1.29, 1.82) is 0 Å². The molecule has 3 nitrogen and oxygen atoms in total. The number of carbonyl (C=O) groups is 1. The average Bonchev–Trinajstić information content (AvgIpc) is 2.35. The van der Waals surface area contributed by atoms with Gasteiger partial charge in [0.25, 0.3) is 5.91 Å². The molecule has 0 aromatic heterocycles. The molecule has 1 aliphatic carbocycles. The Labute approximate surface area is 120 Å². The van der Waals surface area contributed by atoms with E-state index in [2.05, 4.69) is 21.2 Å². The van der Waals surface area contributed by atoms with Gasteiger partial charge >= 0.3 is 0 Å². The van der Waals surface area contributed by atoms with E-state index in [1.54, 1.807) is 18.2 Å². The third-order valence-corrected chi connectivity index (χ3v) is 4.53. The molecule has 0 saturated heterocycles. The molecule has 1 aromatic carbocycles. The summed E-state index contributed by atoms with van der Waals surface area (Å²) in [6.07, 6.45) is 4.22. The molecular formula is C13H16BrClN2O. The van der Waals surface area contributed by atoms with Crippen LogP contribution < -0.4 is 11.1 Å². The molecule has 18 heavy (non-hydrogen) atoms. The molecule has 0 spiro atoms. The van der Waals surface area contributed by atoms with E-state index in [-0.39, 0.29) is 18.0 Å². The Hall–Kier alpha value is -0.580. The van der Waals surface area contributed by atoms with Crippen molar-refractivity contribution in [1.82, 2.24) is 5.32 Å². The number of hydrogen-bond acceptors (Lipinski definition) is 2. The van der Waals surface area contributed by atoms with Crippen molar-refractivity contribution < 1.29 is 4.79 Å². The number of nitrogens with one attached hydrogen (secondary N) is 1. The fraction of sp³-hybridized carbons (Fsp3) is 0.462. The molecule has 1 saturated carbocycles. The third-order valence-electron chi connectivity index (χ3n) is 3.32. The summed E-state index contributed by atoms with van der Waals surface area (Å²) in [6.45, 7) is 0. The molecule has 2 rings (SSSR count). The Bertz CT molecular complexity index is 453. The monoisotopic (exact) mass is 330 g/mol. The Morgan fingerprint density at radius 3 is 2.78 bits per heavy atom. The quantitative estimate of drug-likeness (QED) is 0.875. The fourth-order valence-electron chi connectivity index (χ4n) is 2.23. The van der Waals surface area contributed by atoms with Crippen LogP contribution in [0.2, 0.25) is 5.02 Å². The maximum atomic E-state index is 12.1. The zero-order valence-electron chi connectivity index (χ0n) is 9.96. The molecule has 0 radical (unpaired) electrons. The summed E-state index contributed by atoms with van der Waals surface area (Å²) < 4.78 is 0.727. The van der Waals surface area contributed by atoms with E-state index in [1.807, 2.05) is 0 Å². The normalized spacial score (nSPS) is 23.7. The van der Waals surface area contributed by atoms with Crippen molar-refractivity contribution in [2.75, 3.05) is 0 Å². The van der Waals surface area contributed by atoms with Crippen molar-refractivity contribution in [3.63, 3.8) is 0 Å². The number of halogens is 2. The van der Waals surface area contributed by atoms with E-state index in [9.17, 15) is 4.79 Å². The van der Waals surface area contributed by atoms with Gasteiger partial charge in [-0.1, -0.05) is 24.4 Å². The van der Waals surface area contributed by atoms with Crippen LogP contribution >= 0.6 is 27.5 Å². The van der Waals surface area contributed by atoms with Gasteiger partial charge in [0.2, 0.25) is 0 Å². The van der Waals surface area contributed by atoms with Gasteiger partial charge in [0, 0.05) is 22.1 Å². The van der Waals surface area contributed by atoms with Gasteiger partial charge in [-0.25, -0.2) is 0 Å². The van der Waals surface area contributed by atoms with Crippen LogP contribution in [-0.4, -0.2) is 18.0 Å². The van der Waals surface area contributed by atoms with Gasteiger partial charge in [-0.05, 0) is 47.0 Å². The molecule has 1 aliphatic rings. The fourth-order valence-corrected chi connectivity index (χ4v) is 2.72. The second-order valence-electron chi connectivity index (χ2n) is 4.66. The van der Waals surface area contributed by atoms with E-state index in [0.29, 0.717) is 10.6 Å². The van der Waals surface area contributed by atoms with E-state index < -0.39 is 0 Å². The lowest BCUT2D eigenvalue weighted by molar-refractivity contribution is 0.0921. The average molecular weight is 332 g/mol. The van der Waals surface area contributed by atoms with Crippen molar-refractivity contribution in [3.8, 4) is 0 Å². The first-order chi connectivity index (χ1) is 8.58. The van der Waals surface area contributed by atoms with E-state index in [0.717, 1.165) is 30.2 Å². The molecule has 0 bridgehead atoms. The molecule has 3 N–H and O–H groups in total. The first-order valence-electron chi connectivity index (χ1n) is 6.09. The Kier molecular flexibility index (Phi) is 4.65. The number of carbonyl (C=O) groups excluding carboxylic acids is 1. The van der Waals surface area contributed by atoms with Crippen LogP contribution in [0.1, 0.15) is 36.0 Å². The van der Waals surface area contributed by atoms with Gasteiger partial charge < -0.3 is 11.1 Å². The first kappa shape index (κ1) is 13.8. The van der Waals surface area contributed by atoms with Gasteiger partial charge in [0.1, 0.15) is 0 Å². The van der Waals surface area contributed by atoms with Gasteiger partial charge in [-0.2, -0.15) is 0 Å². The summed E-state index contributed by atoms with van der Waals surface area (Å²) in [4.78, 5) is 12.1. The third kappa shape index (κ3) is 3.25. The summed E-state index contributed by atoms with van der Waals surface area (Å²) in [5.41, 5.74) is 6.62. The van der Waals surface area contributed by atoms with Crippen LogP contribution in [0.5, 0.6) is 0 Å². The minimum absolute atomic E-state index is 0.0680. The van der Waals surface area contributed by atoms with Crippen LogP contribution in [-0.2, 0) is 0 Å². The van der Waals surface area contributed by atoms with E-state index in [1.165, 1.54) is 0 Å². The second kappa shape index (κ2) is 6.04. The molecular weight excluding hydrogens is 316 g/mol. The number of rotatable bonds is 2. The topological polar surface area (TPSA) is 55.1 Å². The molecule has 1 aromatic rings. The molecule has 1 fully saturated rings. The van der Waals surface area contributed by atoms with Crippen LogP contribution in [0.3, 0.4) is 0 Å². The number of benzene rings is 1. The molecule has 0 heterocycles. The maximum Gasteiger partial charge on any atom is 0.251 e. The summed E-state index contributed by atoms with van der Waals surface area (Å²) >= 11 is 9.22. The highest BCUT2D eigenvalue weighted by atomic mass is 79.9. The molecule has 0 aliphatic heterocycles. The van der Waals surface area contributed by atoms with Gasteiger partial charge in [-0.3, -0.25) is 4.79 Å². The van der Waals surface area contributed by atoms with Gasteiger partial charge in [0.05, 0.1) is 5.02 Å². The highest BCUT2D eigenvalue weighted by Crippen LogP contribution is 2.23. The second-order valence-corrected chi connectivity index (χ2v) is 5.92. The standard InChI is InChI=1S/C13H16BrClN2O/c14-9-7-8(5-6-10(9)15)13(18)17-12-4-2-1-3-11(12)16/h5-7,11-12H,1-4,16H2,(H,17,18). The minimum Gasteiger partial charge on any atom is -0.348 e. The van der Waals surface area contributed by atoms with Crippen molar-refractivity contribution in [2.24, 2.45) is 5.73 Å². The summed E-state index contributed by atoms with van der Waals surface area (Å²) in [7, 11) is 0. The predicted molar refractivity (Wildman–Crippen MR) is 76.8 cm³/mol. The van der Waals surface area contributed by atoms with Crippen molar-refractivity contribution >= 4 is 33.4 Å². The number of nitrogens with two attached hydrogens (primary N) is 1. The largest absolute Gasteiger partial charge is 0.348 e.